The molecule has 0 bridgehead atoms. The van der Waals surface area contributed by atoms with Crippen molar-refractivity contribution in [2.24, 2.45) is 0 Å². The number of hydrogen-bond acceptors (Lipinski definition) is 5. The molecule has 1 heterocycles. The summed E-state index contributed by atoms with van der Waals surface area (Å²) < 4.78 is 0. The number of nitrogens with one attached hydrogen (secondary N) is 2. The number of likely N-dealkylation sites (N-methyl/N-ethyl adjacent to an activating group) is 1. The lowest BCUT2D eigenvalue weighted by Gasteiger charge is -2.19. The van der Waals surface area contributed by atoms with Gasteiger partial charge < -0.3 is 10.6 Å². The molecule has 0 aliphatic heterocycles. The number of anilines is 1. The van der Waals surface area contributed by atoms with Crippen LogP contribution in [0.4, 0.5) is 5.82 Å². The Balaban J connectivity index is 1.77. The van der Waals surface area contributed by atoms with Crippen molar-refractivity contribution in [2.75, 3.05) is 31.5 Å². The van der Waals surface area contributed by atoms with Gasteiger partial charge in [-0.25, -0.2) is 0 Å². The van der Waals surface area contributed by atoms with Gasteiger partial charge in [0.1, 0.15) is 5.82 Å². The molecule has 0 spiro atoms. The number of hydrogen-bond donors (Lipinski definition) is 2. The summed E-state index contributed by atoms with van der Waals surface area (Å²) in [6.45, 7) is 7.61. The first kappa shape index (κ1) is 14.7. The zero-order valence-electron chi connectivity index (χ0n) is 12.2. The molecule has 1 aromatic rings. The van der Waals surface area contributed by atoms with E-state index in [2.05, 4.69) is 32.7 Å². The number of aromatic nitrogens is 2. The SMILES string of the molecule is CCNC(=O)c1ccc(NCCN(CC)C2CC2)nn1. The number of carbonyl (C=O) groups is 1. The molecule has 1 saturated carbocycles. The minimum atomic E-state index is -0.183. The van der Waals surface area contributed by atoms with Crippen molar-refractivity contribution in [1.29, 1.82) is 0 Å². The number of carbonyl (C=O) groups excluding carboxylic acids is 1. The molecule has 6 heteroatoms. The van der Waals surface area contributed by atoms with Crippen LogP contribution in [0, 0.1) is 0 Å². The Labute approximate surface area is 120 Å². The average molecular weight is 277 g/mol. The zero-order valence-corrected chi connectivity index (χ0v) is 12.2. The first-order valence-corrected chi connectivity index (χ1v) is 7.34. The van der Waals surface area contributed by atoms with Gasteiger partial charge in [-0.1, -0.05) is 6.92 Å². The van der Waals surface area contributed by atoms with Gasteiger partial charge in [0.25, 0.3) is 5.91 Å². The van der Waals surface area contributed by atoms with Crippen LogP contribution in [0.25, 0.3) is 0 Å². The summed E-state index contributed by atoms with van der Waals surface area (Å²) in [6.07, 6.45) is 2.66. The largest absolute Gasteiger partial charge is 0.367 e. The molecule has 1 aromatic heterocycles. The van der Waals surface area contributed by atoms with Gasteiger partial charge in [0.15, 0.2) is 5.69 Å². The summed E-state index contributed by atoms with van der Waals surface area (Å²) in [5.74, 6) is 0.530. The molecule has 0 atom stereocenters. The number of nitrogens with zero attached hydrogens (tertiary/aromatic N) is 3. The summed E-state index contributed by atoms with van der Waals surface area (Å²) in [7, 11) is 0. The van der Waals surface area contributed by atoms with Gasteiger partial charge in [-0.3, -0.25) is 9.69 Å². The second-order valence-corrected chi connectivity index (χ2v) is 4.95. The Morgan fingerprint density at radius 3 is 2.70 bits per heavy atom. The van der Waals surface area contributed by atoms with Gasteiger partial charge in [-0.2, -0.15) is 0 Å². The Kier molecular flexibility index (Phi) is 5.29. The molecule has 1 amide bonds. The van der Waals surface area contributed by atoms with E-state index < -0.39 is 0 Å². The van der Waals surface area contributed by atoms with Crippen molar-refractivity contribution < 1.29 is 4.79 Å². The molecule has 2 rings (SSSR count). The molecular formula is C14H23N5O. The van der Waals surface area contributed by atoms with Crippen LogP contribution < -0.4 is 10.6 Å². The smallest absolute Gasteiger partial charge is 0.271 e. The molecule has 6 nitrogen and oxygen atoms in total. The van der Waals surface area contributed by atoms with Crippen molar-refractivity contribution >= 4 is 11.7 Å². The summed E-state index contributed by atoms with van der Waals surface area (Å²) >= 11 is 0. The van der Waals surface area contributed by atoms with E-state index >= 15 is 0 Å². The standard InChI is InChI=1S/C14H23N5O/c1-3-15-14(20)12-7-8-13(18-17-12)16-9-10-19(4-2)11-5-6-11/h7-8,11H,3-6,9-10H2,1-2H3,(H,15,20)(H,16,18). The van der Waals surface area contributed by atoms with E-state index in [0.29, 0.717) is 18.1 Å². The quantitative estimate of drug-likeness (QED) is 0.745. The number of rotatable bonds is 8. The fourth-order valence-electron chi connectivity index (χ4n) is 2.16. The van der Waals surface area contributed by atoms with Crippen LogP contribution in [0.3, 0.4) is 0 Å². The average Bonchev–Trinajstić information content (AvgIpc) is 3.29. The lowest BCUT2D eigenvalue weighted by Crippen LogP contribution is -2.31. The van der Waals surface area contributed by atoms with Crippen molar-refractivity contribution in [3.05, 3.63) is 17.8 Å². The van der Waals surface area contributed by atoms with Gasteiger partial charge in [0.05, 0.1) is 0 Å². The summed E-state index contributed by atoms with van der Waals surface area (Å²) in [6, 6.07) is 4.28. The highest BCUT2D eigenvalue weighted by molar-refractivity contribution is 5.92. The van der Waals surface area contributed by atoms with E-state index in [4.69, 9.17) is 0 Å². The van der Waals surface area contributed by atoms with Crippen LogP contribution in [-0.2, 0) is 0 Å². The molecule has 0 unspecified atom stereocenters. The van der Waals surface area contributed by atoms with Crippen molar-refractivity contribution in [2.45, 2.75) is 32.7 Å². The Morgan fingerprint density at radius 1 is 1.35 bits per heavy atom. The summed E-state index contributed by atoms with van der Waals surface area (Å²) in [5.41, 5.74) is 0.352. The molecule has 0 radical (unpaired) electrons. The lowest BCUT2D eigenvalue weighted by molar-refractivity contribution is 0.0950. The second kappa shape index (κ2) is 7.19. The van der Waals surface area contributed by atoms with Crippen molar-refractivity contribution in [3.8, 4) is 0 Å². The molecule has 1 aliphatic rings. The first-order chi connectivity index (χ1) is 9.74. The monoisotopic (exact) mass is 277 g/mol. The maximum absolute atomic E-state index is 11.5. The maximum atomic E-state index is 11.5. The third-order valence-electron chi connectivity index (χ3n) is 3.41. The third kappa shape index (κ3) is 4.16. The Bertz CT molecular complexity index is 430. The lowest BCUT2D eigenvalue weighted by atomic mass is 10.3. The molecule has 1 fully saturated rings. The summed E-state index contributed by atoms with van der Waals surface area (Å²) in [5, 5.41) is 13.9. The van der Waals surface area contributed by atoms with Crippen LogP contribution in [0.1, 0.15) is 37.2 Å². The minimum absolute atomic E-state index is 0.183. The van der Waals surface area contributed by atoms with Crippen LogP contribution >= 0.6 is 0 Å². The third-order valence-corrected chi connectivity index (χ3v) is 3.41. The van der Waals surface area contributed by atoms with Gasteiger partial charge in [-0.05, 0) is 38.4 Å². The van der Waals surface area contributed by atoms with Gasteiger partial charge in [0, 0.05) is 25.7 Å². The fourth-order valence-corrected chi connectivity index (χ4v) is 2.16. The molecule has 20 heavy (non-hydrogen) atoms. The Morgan fingerprint density at radius 2 is 2.15 bits per heavy atom. The highest BCUT2D eigenvalue weighted by Crippen LogP contribution is 2.25. The molecular weight excluding hydrogens is 254 g/mol. The van der Waals surface area contributed by atoms with Crippen molar-refractivity contribution in [3.63, 3.8) is 0 Å². The first-order valence-electron chi connectivity index (χ1n) is 7.34. The highest BCUT2D eigenvalue weighted by Gasteiger charge is 2.27. The van der Waals surface area contributed by atoms with Crippen molar-refractivity contribution in [1.82, 2.24) is 20.4 Å². The van der Waals surface area contributed by atoms with Crippen LogP contribution in [0.2, 0.25) is 0 Å². The van der Waals surface area contributed by atoms with Crippen LogP contribution in [0.5, 0.6) is 0 Å². The normalized spacial score (nSPS) is 14.3. The molecule has 0 aromatic carbocycles. The van der Waals surface area contributed by atoms with E-state index in [-0.39, 0.29) is 5.91 Å². The predicted molar refractivity (Wildman–Crippen MR) is 78.8 cm³/mol. The fraction of sp³-hybridized carbons (Fsp3) is 0.643. The maximum Gasteiger partial charge on any atom is 0.271 e. The van der Waals surface area contributed by atoms with E-state index in [1.54, 1.807) is 12.1 Å². The molecule has 2 N–H and O–H groups in total. The van der Waals surface area contributed by atoms with Gasteiger partial charge in [0.2, 0.25) is 0 Å². The topological polar surface area (TPSA) is 70.2 Å². The van der Waals surface area contributed by atoms with Gasteiger partial charge >= 0.3 is 0 Å². The van der Waals surface area contributed by atoms with E-state index in [1.807, 2.05) is 6.92 Å². The molecule has 110 valence electrons. The highest BCUT2D eigenvalue weighted by atomic mass is 16.1. The Hall–Kier alpha value is -1.69. The molecule has 0 saturated heterocycles. The van der Waals surface area contributed by atoms with E-state index in [1.165, 1.54) is 12.8 Å². The number of amides is 1. The van der Waals surface area contributed by atoms with Crippen LogP contribution in [0.15, 0.2) is 12.1 Å². The summed E-state index contributed by atoms with van der Waals surface area (Å²) in [4.78, 5) is 14.0. The minimum Gasteiger partial charge on any atom is -0.367 e. The van der Waals surface area contributed by atoms with E-state index in [0.717, 1.165) is 25.7 Å². The van der Waals surface area contributed by atoms with E-state index in [9.17, 15) is 4.79 Å². The van der Waals surface area contributed by atoms with Crippen LogP contribution in [-0.4, -0.2) is 53.2 Å². The second-order valence-electron chi connectivity index (χ2n) is 4.95. The predicted octanol–water partition coefficient (Wildman–Crippen LogP) is 1.12. The van der Waals surface area contributed by atoms with Gasteiger partial charge in [-0.15, -0.1) is 10.2 Å². The molecule has 1 aliphatic carbocycles. The zero-order chi connectivity index (χ0) is 14.4.